The summed E-state index contributed by atoms with van der Waals surface area (Å²) in [4.78, 5) is 5.17. The Bertz CT molecular complexity index is 118. The van der Waals surface area contributed by atoms with Crippen LogP contribution in [0.4, 0.5) is 0 Å². The zero-order valence-corrected chi connectivity index (χ0v) is 7.35. The molecule has 0 radical (unpaired) electrons. The van der Waals surface area contributed by atoms with Crippen LogP contribution in [0.25, 0.3) is 0 Å². The van der Waals surface area contributed by atoms with Gasteiger partial charge in [0.05, 0.1) is 7.11 Å². The van der Waals surface area contributed by atoms with Crippen molar-refractivity contribution in [2.24, 2.45) is 5.92 Å². The SMILES string of the molecule is CON(C)C1(C(C)C)CC1. The van der Waals surface area contributed by atoms with Gasteiger partial charge >= 0.3 is 0 Å². The quantitative estimate of drug-likeness (QED) is 0.557. The van der Waals surface area contributed by atoms with Crippen LogP contribution in [0.1, 0.15) is 26.7 Å². The fourth-order valence-corrected chi connectivity index (χ4v) is 1.57. The maximum atomic E-state index is 5.17. The van der Waals surface area contributed by atoms with Crippen molar-refractivity contribution in [1.82, 2.24) is 5.06 Å². The van der Waals surface area contributed by atoms with Gasteiger partial charge in [0, 0.05) is 12.6 Å². The predicted molar refractivity (Wildman–Crippen MR) is 41.6 cm³/mol. The largest absolute Gasteiger partial charge is 0.302 e. The minimum Gasteiger partial charge on any atom is -0.302 e. The van der Waals surface area contributed by atoms with E-state index in [1.165, 1.54) is 12.8 Å². The molecule has 1 aliphatic carbocycles. The number of hydroxylamine groups is 2. The maximum absolute atomic E-state index is 5.17. The van der Waals surface area contributed by atoms with Gasteiger partial charge in [-0.3, -0.25) is 0 Å². The van der Waals surface area contributed by atoms with Crippen LogP contribution in [-0.4, -0.2) is 24.8 Å². The predicted octanol–water partition coefficient (Wildman–Crippen LogP) is 1.67. The summed E-state index contributed by atoms with van der Waals surface area (Å²) in [5.41, 5.74) is 0.370. The van der Waals surface area contributed by atoms with Gasteiger partial charge in [-0.2, -0.15) is 5.06 Å². The van der Waals surface area contributed by atoms with Gasteiger partial charge in [-0.15, -0.1) is 0 Å². The van der Waals surface area contributed by atoms with Gasteiger partial charge in [0.2, 0.25) is 0 Å². The van der Waals surface area contributed by atoms with E-state index in [4.69, 9.17) is 4.84 Å². The van der Waals surface area contributed by atoms with Crippen molar-refractivity contribution < 1.29 is 4.84 Å². The molecule has 2 heteroatoms. The van der Waals surface area contributed by atoms with E-state index in [1.54, 1.807) is 7.11 Å². The second kappa shape index (κ2) is 2.51. The lowest BCUT2D eigenvalue weighted by Crippen LogP contribution is -2.37. The van der Waals surface area contributed by atoms with Crippen LogP contribution < -0.4 is 0 Å². The third kappa shape index (κ3) is 1.06. The van der Waals surface area contributed by atoms with E-state index < -0.39 is 0 Å². The highest BCUT2D eigenvalue weighted by Gasteiger charge is 2.49. The van der Waals surface area contributed by atoms with Crippen LogP contribution in [0.3, 0.4) is 0 Å². The molecule has 0 heterocycles. The fraction of sp³-hybridized carbons (Fsp3) is 1.00. The summed E-state index contributed by atoms with van der Waals surface area (Å²) in [6.45, 7) is 4.50. The van der Waals surface area contributed by atoms with Gasteiger partial charge in [-0.1, -0.05) is 13.8 Å². The first-order valence-electron chi connectivity index (χ1n) is 3.91. The molecule has 60 valence electrons. The molecule has 2 nitrogen and oxygen atoms in total. The van der Waals surface area contributed by atoms with Crippen LogP contribution in [0, 0.1) is 5.92 Å². The van der Waals surface area contributed by atoms with E-state index in [9.17, 15) is 0 Å². The summed E-state index contributed by atoms with van der Waals surface area (Å²) in [6.07, 6.45) is 2.57. The smallest absolute Gasteiger partial charge is 0.0575 e. The summed E-state index contributed by atoms with van der Waals surface area (Å²) in [6, 6.07) is 0. The van der Waals surface area contributed by atoms with Gasteiger partial charge < -0.3 is 4.84 Å². The number of hydrogen-bond donors (Lipinski definition) is 0. The van der Waals surface area contributed by atoms with Crippen LogP contribution in [0.5, 0.6) is 0 Å². The molecule has 0 aromatic heterocycles. The van der Waals surface area contributed by atoms with Crippen LogP contribution in [0.15, 0.2) is 0 Å². The van der Waals surface area contributed by atoms with E-state index in [-0.39, 0.29) is 0 Å². The highest BCUT2D eigenvalue weighted by molar-refractivity contribution is 5.02. The van der Waals surface area contributed by atoms with Gasteiger partial charge in [0.1, 0.15) is 0 Å². The molecule has 1 rings (SSSR count). The second-order valence-electron chi connectivity index (χ2n) is 3.44. The van der Waals surface area contributed by atoms with Crippen molar-refractivity contribution >= 4 is 0 Å². The van der Waals surface area contributed by atoms with Gasteiger partial charge in [-0.05, 0) is 18.8 Å². The molecule has 0 saturated heterocycles. The van der Waals surface area contributed by atoms with E-state index in [0.717, 1.165) is 0 Å². The Morgan fingerprint density at radius 1 is 1.40 bits per heavy atom. The lowest BCUT2D eigenvalue weighted by molar-refractivity contribution is -0.162. The molecule has 0 aliphatic heterocycles. The Labute approximate surface area is 63.1 Å². The number of hydrogen-bond acceptors (Lipinski definition) is 2. The molecule has 0 amide bonds. The first-order chi connectivity index (χ1) is 4.63. The summed E-state index contributed by atoms with van der Waals surface area (Å²) < 4.78 is 0. The summed E-state index contributed by atoms with van der Waals surface area (Å²) in [5, 5.41) is 2.00. The van der Waals surface area contributed by atoms with E-state index in [2.05, 4.69) is 13.8 Å². The number of rotatable bonds is 3. The van der Waals surface area contributed by atoms with Crippen LogP contribution in [0.2, 0.25) is 0 Å². The molecule has 0 atom stereocenters. The first-order valence-corrected chi connectivity index (χ1v) is 3.91. The normalized spacial score (nSPS) is 22.2. The monoisotopic (exact) mass is 143 g/mol. The Hall–Kier alpha value is -0.0800. The third-order valence-corrected chi connectivity index (χ3v) is 2.74. The Kier molecular flexibility index (Phi) is 2.02. The first kappa shape index (κ1) is 8.02. The molecule has 1 aliphatic rings. The molecule has 1 fully saturated rings. The maximum Gasteiger partial charge on any atom is 0.0575 e. The topological polar surface area (TPSA) is 12.5 Å². The Morgan fingerprint density at radius 3 is 2.00 bits per heavy atom. The van der Waals surface area contributed by atoms with Crippen molar-refractivity contribution in [1.29, 1.82) is 0 Å². The molecular formula is C8H17NO. The average molecular weight is 143 g/mol. The highest BCUT2D eigenvalue weighted by Crippen LogP contribution is 2.46. The molecule has 0 N–H and O–H groups in total. The van der Waals surface area contributed by atoms with Crippen molar-refractivity contribution in [3.05, 3.63) is 0 Å². The van der Waals surface area contributed by atoms with Crippen LogP contribution >= 0.6 is 0 Å². The molecule has 1 saturated carbocycles. The Balaban J connectivity index is 2.51. The van der Waals surface area contributed by atoms with E-state index in [0.29, 0.717) is 11.5 Å². The minimum absolute atomic E-state index is 0.370. The zero-order chi connectivity index (χ0) is 7.78. The average Bonchev–Trinajstić information content (AvgIpc) is 2.65. The molecule has 0 bridgehead atoms. The molecular weight excluding hydrogens is 126 g/mol. The summed E-state index contributed by atoms with van der Waals surface area (Å²) in [5.74, 6) is 0.706. The standard InChI is InChI=1S/C8H17NO/c1-7(2)8(5-6-8)9(3)10-4/h7H,5-6H2,1-4H3. The lowest BCUT2D eigenvalue weighted by atomic mass is 10.0. The number of nitrogens with zero attached hydrogens (tertiary/aromatic N) is 1. The lowest BCUT2D eigenvalue weighted by Gasteiger charge is -2.28. The second-order valence-corrected chi connectivity index (χ2v) is 3.44. The van der Waals surface area contributed by atoms with E-state index >= 15 is 0 Å². The van der Waals surface area contributed by atoms with Crippen molar-refractivity contribution in [2.45, 2.75) is 32.2 Å². The van der Waals surface area contributed by atoms with Gasteiger partial charge in [0.25, 0.3) is 0 Å². The highest BCUT2D eigenvalue weighted by atomic mass is 16.7. The van der Waals surface area contributed by atoms with Crippen molar-refractivity contribution in [3.8, 4) is 0 Å². The van der Waals surface area contributed by atoms with Crippen molar-refractivity contribution in [2.75, 3.05) is 14.2 Å². The molecule has 0 unspecified atom stereocenters. The van der Waals surface area contributed by atoms with Crippen LogP contribution in [-0.2, 0) is 4.84 Å². The van der Waals surface area contributed by atoms with E-state index in [1.807, 2.05) is 12.1 Å². The minimum atomic E-state index is 0.370. The van der Waals surface area contributed by atoms with Gasteiger partial charge in [-0.25, -0.2) is 0 Å². The summed E-state index contributed by atoms with van der Waals surface area (Å²) in [7, 11) is 3.76. The fourth-order valence-electron chi connectivity index (χ4n) is 1.57. The van der Waals surface area contributed by atoms with Crippen molar-refractivity contribution in [3.63, 3.8) is 0 Å². The summed E-state index contributed by atoms with van der Waals surface area (Å²) >= 11 is 0. The molecule has 10 heavy (non-hydrogen) atoms. The molecule has 0 spiro atoms. The molecule has 0 aromatic carbocycles. The molecule has 0 aromatic rings. The van der Waals surface area contributed by atoms with Gasteiger partial charge in [0.15, 0.2) is 0 Å². The third-order valence-electron chi connectivity index (χ3n) is 2.74. The Morgan fingerprint density at radius 2 is 1.90 bits per heavy atom. The zero-order valence-electron chi connectivity index (χ0n) is 7.35.